The molecule has 3 rings (SSSR count). The highest BCUT2D eigenvalue weighted by molar-refractivity contribution is 6.42. The van der Waals surface area contributed by atoms with E-state index in [2.05, 4.69) is 20.7 Å². The normalized spacial score (nSPS) is 10.4. The van der Waals surface area contributed by atoms with Crippen molar-refractivity contribution in [3.05, 3.63) is 70.7 Å². The van der Waals surface area contributed by atoms with Crippen molar-refractivity contribution in [2.24, 2.45) is 0 Å². The molecule has 2 aromatic heterocycles. The smallest absolute Gasteiger partial charge is 0.272 e. The predicted molar refractivity (Wildman–Crippen MR) is 98.8 cm³/mol. The third-order valence-corrected chi connectivity index (χ3v) is 4.08. The minimum atomic E-state index is -0.467. The number of anilines is 1. The third-order valence-electron chi connectivity index (χ3n) is 3.34. The standard InChI is InChI=1S/C17H13Cl2N5O2/c18-13-4-3-12(8-14(13)19)24-7-5-15(23-24)17(26)21-10-16(25)22-11-2-1-6-20-9-11/h1-9H,10H2,(H,21,26)(H,22,25). The van der Waals surface area contributed by atoms with Crippen LogP contribution in [0.3, 0.4) is 0 Å². The summed E-state index contributed by atoms with van der Waals surface area (Å²) in [6.07, 6.45) is 4.73. The maximum atomic E-state index is 12.1. The van der Waals surface area contributed by atoms with Crippen LogP contribution in [0.1, 0.15) is 10.5 Å². The number of nitrogens with zero attached hydrogens (tertiary/aromatic N) is 3. The van der Waals surface area contributed by atoms with Crippen molar-refractivity contribution < 1.29 is 9.59 Å². The molecule has 0 aliphatic rings. The molecule has 3 aromatic rings. The Labute approximate surface area is 158 Å². The van der Waals surface area contributed by atoms with Gasteiger partial charge in [-0.15, -0.1) is 0 Å². The fraction of sp³-hybridized carbons (Fsp3) is 0.0588. The molecule has 7 nitrogen and oxygen atoms in total. The van der Waals surface area contributed by atoms with Crippen LogP contribution in [0.5, 0.6) is 0 Å². The summed E-state index contributed by atoms with van der Waals surface area (Å²) in [4.78, 5) is 27.9. The van der Waals surface area contributed by atoms with Crippen molar-refractivity contribution >= 4 is 40.7 Å². The van der Waals surface area contributed by atoms with Gasteiger partial charge in [0.25, 0.3) is 5.91 Å². The van der Waals surface area contributed by atoms with Gasteiger partial charge in [0.05, 0.1) is 34.2 Å². The van der Waals surface area contributed by atoms with Crippen molar-refractivity contribution in [1.29, 1.82) is 0 Å². The number of rotatable bonds is 5. The topological polar surface area (TPSA) is 88.9 Å². The molecular formula is C17H13Cl2N5O2. The summed E-state index contributed by atoms with van der Waals surface area (Å²) in [6, 6.07) is 9.94. The van der Waals surface area contributed by atoms with E-state index in [0.717, 1.165) is 0 Å². The number of pyridine rings is 1. The van der Waals surface area contributed by atoms with E-state index in [1.807, 2.05) is 0 Å². The van der Waals surface area contributed by atoms with E-state index in [1.165, 1.54) is 16.9 Å². The van der Waals surface area contributed by atoms with Crippen LogP contribution >= 0.6 is 23.2 Å². The van der Waals surface area contributed by atoms with Crippen LogP contribution in [0, 0.1) is 0 Å². The summed E-state index contributed by atoms with van der Waals surface area (Å²) in [5.41, 5.74) is 1.38. The van der Waals surface area contributed by atoms with Crippen molar-refractivity contribution in [2.45, 2.75) is 0 Å². The van der Waals surface area contributed by atoms with Crippen molar-refractivity contribution in [3.8, 4) is 5.69 Å². The number of benzene rings is 1. The Bertz CT molecular complexity index is 943. The molecule has 0 bridgehead atoms. The van der Waals surface area contributed by atoms with Gasteiger partial charge >= 0.3 is 0 Å². The van der Waals surface area contributed by atoms with Crippen molar-refractivity contribution in [2.75, 3.05) is 11.9 Å². The first kappa shape index (κ1) is 17.9. The molecule has 0 saturated heterocycles. The highest BCUT2D eigenvalue weighted by Crippen LogP contribution is 2.24. The van der Waals surface area contributed by atoms with Crippen LogP contribution in [-0.4, -0.2) is 33.1 Å². The highest BCUT2D eigenvalue weighted by atomic mass is 35.5. The first-order valence-corrected chi connectivity index (χ1v) is 8.28. The number of carbonyl (C=O) groups excluding carboxylic acids is 2. The van der Waals surface area contributed by atoms with Gasteiger partial charge in [-0.25, -0.2) is 4.68 Å². The van der Waals surface area contributed by atoms with Crippen molar-refractivity contribution in [1.82, 2.24) is 20.1 Å². The van der Waals surface area contributed by atoms with E-state index in [4.69, 9.17) is 23.2 Å². The Morgan fingerprint density at radius 1 is 1.12 bits per heavy atom. The third kappa shape index (κ3) is 4.38. The van der Waals surface area contributed by atoms with Crippen molar-refractivity contribution in [3.63, 3.8) is 0 Å². The number of halogens is 2. The average Bonchev–Trinajstić information content (AvgIpc) is 3.13. The Hall–Kier alpha value is -2.90. The van der Waals surface area contributed by atoms with Crippen LogP contribution in [-0.2, 0) is 4.79 Å². The second-order valence-corrected chi connectivity index (χ2v) is 6.03. The van der Waals surface area contributed by atoms with E-state index in [-0.39, 0.29) is 18.1 Å². The summed E-state index contributed by atoms with van der Waals surface area (Å²) in [5.74, 6) is -0.833. The lowest BCUT2D eigenvalue weighted by atomic mass is 10.3. The van der Waals surface area contributed by atoms with Gasteiger partial charge in [0.1, 0.15) is 0 Å². The van der Waals surface area contributed by atoms with E-state index < -0.39 is 5.91 Å². The SMILES string of the molecule is O=C(CNC(=O)c1ccn(-c2ccc(Cl)c(Cl)c2)n1)Nc1cccnc1. The van der Waals surface area contributed by atoms with Crippen LogP contribution in [0.4, 0.5) is 5.69 Å². The summed E-state index contributed by atoms with van der Waals surface area (Å²) < 4.78 is 1.49. The number of aromatic nitrogens is 3. The lowest BCUT2D eigenvalue weighted by molar-refractivity contribution is -0.115. The summed E-state index contributed by atoms with van der Waals surface area (Å²) in [6.45, 7) is -0.187. The molecule has 0 radical (unpaired) electrons. The van der Waals surface area contributed by atoms with Gasteiger partial charge in [0, 0.05) is 12.4 Å². The minimum absolute atomic E-state index is 0.172. The molecule has 9 heteroatoms. The zero-order valence-corrected chi connectivity index (χ0v) is 14.8. The Morgan fingerprint density at radius 3 is 2.69 bits per heavy atom. The molecule has 2 amide bonds. The monoisotopic (exact) mass is 389 g/mol. The number of nitrogens with one attached hydrogen (secondary N) is 2. The summed E-state index contributed by atoms with van der Waals surface area (Å²) >= 11 is 11.9. The van der Waals surface area contributed by atoms with E-state index in [1.54, 1.807) is 42.7 Å². The second kappa shape index (κ2) is 7.99. The molecular weight excluding hydrogens is 377 g/mol. The lowest BCUT2D eigenvalue weighted by Crippen LogP contribution is -2.33. The first-order chi connectivity index (χ1) is 12.5. The van der Waals surface area contributed by atoms with Gasteiger partial charge < -0.3 is 10.6 Å². The Kier molecular flexibility index (Phi) is 5.50. The van der Waals surface area contributed by atoms with Gasteiger partial charge in [-0.1, -0.05) is 23.2 Å². The molecule has 0 aliphatic carbocycles. The van der Waals surface area contributed by atoms with Gasteiger partial charge in [-0.3, -0.25) is 14.6 Å². The lowest BCUT2D eigenvalue weighted by Gasteiger charge is -2.05. The average molecular weight is 390 g/mol. The first-order valence-electron chi connectivity index (χ1n) is 7.52. The molecule has 1 aromatic carbocycles. The molecule has 132 valence electrons. The summed E-state index contributed by atoms with van der Waals surface area (Å²) in [5, 5.41) is 10.1. The Balaban J connectivity index is 1.59. The van der Waals surface area contributed by atoms with Crippen LogP contribution in [0.25, 0.3) is 5.69 Å². The quantitative estimate of drug-likeness (QED) is 0.701. The number of hydrogen-bond donors (Lipinski definition) is 2. The Morgan fingerprint density at radius 2 is 1.96 bits per heavy atom. The molecule has 0 aliphatic heterocycles. The molecule has 0 fully saturated rings. The fourth-order valence-corrected chi connectivity index (χ4v) is 2.40. The van der Waals surface area contributed by atoms with E-state index >= 15 is 0 Å². The molecule has 0 unspecified atom stereocenters. The second-order valence-electron chi connectivity index (χ2n) is 5.22. The number of amides is 2. The molecule has 2 N–H and O–H groups in total. The largest absolute Gasteiger partial charge is 0.342 e. The molecule has 2 heterocycles. The molecule has 0 atom stereocenters. The van der Waals surface area contributed by atoms with Gasteiger partial charge in [-0.05, 0) is 36.4 Å². The fourth-order valence-electron chi connectivity index (χ4n) is 2.11. The van der Waals surface area contributed by atoms with Gasteiger partial charge in [-0.2, -0.15) is 5.10 Å². The van der Waals surface area contributed by atoms with E-state index in [0.29, 0.717) is 21.4 Å². The molecule has 0 saturated carbocycles. The predicted octanol–water partition coefficient (Wildman–Crippen LogP) is 2.94. The van der Waals surface area contributed by atoms with Gasteiger partial charge in [0.2, 0.25) is 5.91 Å². The van der Waals surface area contributed by atoms with E-state index in [9.17, 15) is 9.59 Å². The number of carbonyl (C=O) groups is 2. The zero-order valence-electron chi connectivity index (χ0n) is 13.3. The van der Waals surface area contributed by atoms with Crippen LogP contribution in [0.15, 0.2) is 55.0 Å². The highest BCUT2D eigenvalue weighted by Gasteiger charge is 2.12. The minimum Gasteiger partial charge on any atom is -0.342 e. The zero-order chi connectivity index (χ0) is 18.5. The maximum Gasteiger partial charge on any atom is 0.272 e. The summed E-state index contributed by atoms with van der Waals surface area (Å²) in [7, 11) is 0. The number of hydrogen-bond acceptors (Lipinski definition) is 4. The molecule has 26 heavy (non-hydrogen) atoms. The van der Waals surface area contributed by atoms with Gasteiger partial charge in [0.15, 0.2) is 5.69 Å². The maximum absolute atomic E-state index is 12.1. The van der Waals surface area contributed by atoms with Crippen LogP contribution < -0.4 is 10.6 Å². The van der Waals surface area contributed by atoms with Crippen LogP contribution in [0.2, 0.25) is 10.0 Å². The molecule has 0 spiro atoms.